The minimum absolute atomic E-state index is 0.215. The van der Waals surface area contributed by atoms with E-state index in [1.807, 2.05) is 39.0 Å². The minimum atomic E-state index is -0.438. The van der Waals surface area contributed by atoms with E-state index in [-0.39, 0.29) is 12.1 Å². The van der Waals surface area contributed by atoms with Gasteiger partial charge in [-0.1, -0.05) is 6.07 Å². The van der Waals surface area contributed by atoms with Crippen LogP contribution in [0.15, 0.2) is 40.3 Å². The monoisotopic (exact) mass is 406 g/mol. The Labute approximate surface area is 154 Å². The molecule has 0 spiro atoms. The van der Waals surface area contributed by atoms with Crippen LogP contribution >= 0.6 is 15.9 Å². The van der Waals surface area contributed by atoms with E-state index < -0.39 is 6.04 Å². The second-order valence-electron chi connectivity index (χ2n) is 5.94. The van der Waals surface area contributed by atoms with Gasteiger partial charge in [-0.2, -0.15) is 10.1 Å². The Balaban J connectivity index is 2.12. The Hall–Kier alpha value is -2.35. The fourth-order valence-corrected chi connectivity index (χ4v) is 3.35. The molecule has 0 fully saturated rings. The number of ether oxygens (including phenoxy) is 2. The number of carbonyl (C=O) groups excluding carboxylic acids is 1. The van der Waals surface area contributed by atoms with E-state index in [1.54, 1.807) is 11.8 Å². The third-order valence-corrected chi connectivity index (χ3v) is 4.47. The van der Waals surface area contributed by atoms with E-state index >= 15 is 0 Å². The summed E-state index contributed by atoms with van der Waals surface area (Å²) in [5, 5.41) is 7.40. The van der Waals surface area contributed by atoms with Gasteiger partial charge >= 0.3 is 5.97 Å². The smallest absolute Gasteiger partial charge is 0.338 e. The van der Waals surface area contributed by atoms with Crippen LogP contribution in [0, 0.1) is 0 Å². The molecular formula is C17H19BrN4O3. The van der Waals surface area contributed by atoms with E-state index in [0.717, 1.165) is 10.0 Å². The fraction of sp³-hybridized carbons (Fsp3) is 0.353. The first-order valence-corrected chi connectivity index (χ1v) is 8.63. The van der Waals surface area contributed by atoms with Gasteiger partial charge in [0.25, 0.3) is 0 Å². The SMILES string of the molecule is COc1ccc([C@H]2C(C(=O)OC(C)C)=C(C)Nc3ncnn32)cc1Br. The molecule has 0 aliphatic carbocycles. The zero-order chi connectivity index (χ0) is 18.1. The molecule has 0 unspecified atom stereocenters. The van der Waals surface area contributed by atoms with E-state index in [9.17, 15) is 4.79 Å². The van der Waals surface area contributed by atoms with E-state index in [4.69, 9.17) is 9.47 Å². The zero-order valence-electron chi connectivity index (χ0n) is 14.4. The van der Waals surface area contributed by atoms with Gasteiger partial charge < -0.3 is 14.8 Å². The van der Waals surface area contributed by atoms with Crippen LogP contribution in [0.25, 0.3) is 0 Å². The second kappa shape index (κ2) is 6.87. The number of nitrogens with zero attached hydrogens (tertiary/aromatic N) is 3. The molecule has 1 N–H and O–H groups in total. The molecule has 0 saturated carbocycles. The van der Waals surface area contributed by atoms with Gasteiger partial charge in [0.05, 0.1) is 23.3 Å². The average Bonchev–Trinajstić information content (AvgIpc) is 3.00. The second-order valence-corrected chi connectivity index (χ2v) is 6.80. The van der Waals surface area contributed by atoms with E-state index in [2.05, 4.69) is 31.3 Å². The Bertz CT molecular complexity index is 844. The number of fused-ring (bicyclic) bond motifs is 1. The maximum Gasteiger partial charge on any atom is 0.338 e. The summed E-state index contributed by atoms with van der Waals surface area (Å²) in [6.45, 7) is 5.48. The van der Waals surface area contributed by atoms with Crippen molar-refractivity contribution in [2.75, 3.05) is 12.4 Å². The molecule has 132 valence electrons. The lowest BCUT2D eigenvalue weighted by Gasteiger charge is -2.28. The van der Waals surface area contributed by atoms with Gasteiger partial charge in [-0.15, -0.1) is 0 Å². The van der Waals surface area contributed by atoms with Crippen LogP contribution < -0.4 is 10.1 Å². The maximum atomic E-state index is 12.7. The number of nitrogens with one attached hydrogen (secondary N) is 1. The summed E-state index contributed by atoms with van der Waals surface area (Å²) in [4.78, 5) is 16.9. The highest BCUT2D eigenvalue weighted by Crippen LogP contribution is 2.38. The standard InChI is InChI=1S/C17H19BrN4O3/c1-9(2)25-16(23)14-10(3)21-17-19-8-20-22(17)15(14)11-5-6-13(24-4)12(18)7-11/h5-9,15H,1-4H3,(H,19,20,21)/t15-/m0/s1. The molecule has 0 radical (unpaired) electrons. The minimum Gasteiger partial charge on any atom is -0.496 e. The lowest BCUT2D eigenvalue weighted by atomic mass is 9.95. The number of rotatable bonds is 4. The molecule has 2 aromatic rings. The number of carbonyl (C=O) groups is 1. The largest absolute Gasteiger partial charge is 0.496 e. The van der Waals surface area contributed by atoms with E-state index in [0.29, 0.717) is 23.0 Å². The first-order valence-electron chi connectivity index (χ1n) is 7.84. The molecule has 1 aliphatic heterocycles. The topological polar surface area (TPSA) is 78.3 Å². The van der Waals surface area contributed by atoms with Crippen molar-refractivity contribution in [2.45, 2.75) is 32.9 Å². The lowest BCUT2D eigenvalue weighted by molar-refractivity contribution is -0.143. The van der Waals surface area contributed by atoms with Crippen molar-refractivity contribution in [3.63, 3.8) is 0 Å². The molecule has 1 aromatic heterocycles. The van der Waals surface area contributed by atoms with Crippen molar-refractivity contribution in [1.82, 2.24) is 14.8 Å². The molecule has 0 bridgehead atoms. The highest BCUT2D eigenvalue weighted by Gasteiger charge is 2.34. The predicted octanol–water partition coefficient (Wildman–Crippen LogP) is 3.29. The quantitative estimate of drug-likeness (QED) is 0.784. The van der Waals surface area contributed by atoms with Crippen LogP contribution in [-0.2, 0) is 9.53 Å². The summed E-state index contributed by atoms with van der Waals surface area (Å²) in [6.07, 6.45) is 1.24. The molecule has 1 atom stereocenters. The highest BCUT2D eigenvalue weighted by molar-refractivity contribution is 9.10. The molecule has 1 aromatic carbocycles. The maximum absolute atomic E-state index is 12.7. The third-order valence-electron chi connectivity index (χ3n) is 3.85. The Morgan fingerprint density at radius 3 is 2.80 bits per heavy atom. The highest BCUT2D eigenvalue weighted by atomic mass is 79.9. The van der Waals surface area contributed by atoms with Crippen molar-refractivity contribution in [3.05, 3.63) is 45.8 Å². The number of anilines is 1. The Morgan fingerprint density at radius 1 is 1.40 bits per heavy atom. The first kappa shape index (κ1) is 17.5. The average molecular weight is 407 g/mol. The van der Waals surface area contributed by atoms with Gasteiger partial charge in [0.2, 0.25) is 5.95 Å². The van der Waals surface area contributed by atoms with Crippen molar-refractivity contribution < 1.29 is 14.3 Å². The zero-order valence-corrected chi connectivity index (χ0v) is 16.0. The predicted molar refractivity (Wildman–Crippen MR) is 96.4 cm³/mol. The third kappa shape index (κ3) is 3.26. The van der Waals surface area contributed by atoms with Crippen LogP contribution in [0.4, 0.5) is 5.95 Å². The molecule has 0 saturated heterocycles. The summed E-state index contributed by atoms with van der Waals surface area (Å²) in [6, 6.07) is 5.22. The van der Waals surface area contributed by atoms with Crippen molar-refractivity contribution in [2.24, 2.45) is 0 Å². The molecule has 3 rings (SSSR count). The van der Waals surface area contributed by atoms with E-state index in [1.165, 1.54) is 6.33 Å². The summed E-state index contributed by atoms with van der Waals surface area (Å²) >= 11 is 3.50. The number of esters is 1. The molecule has 0 amide bonds. The number of hydrogen-bond acceptors (Lipinski definition) is 6. The van der Waals surface area contributed by atoms with Crippen LogP contribution in [0.3, 0.4) is 0 Å². The number of aromatic nitrogens is 3. The van der Waals surface area contributed by atoms with Crippen LogP contribution in [0.2, 0.25) is 0 Å². The summed E-state index contributed by atoms with van der Waals surface area (Å²) in [7, 11) is 1.61. The molecular weight excluding hydrogens is 388 g/mol. The van der Waals surface area contributed by atoms with Gasteiger partial charge in [0, 0.05) is 5.70 Å². The Kier molecular flexibility index (Phi) is 4.80. The summed E-state index contributed by atoms with van der Waals surface area (Å²) < 4.78 is 13.2. The number of allylic oxidation sites excluding steroid dienone is 1. The summed E-state index contributed by atoms with van der Waals surface area (Å²) in [5.41, 5.74) is 2.07. The van der Waals surface area contributed by atoms with Gasteiger partial charge in [0.15, 0.2) is 0 Å². The fourth-order valence-electron chi connectivity index (χ4n) is 2.79. The molecule has 2 heterocycles. The normalized spacial score (nSPS) is 16.5. The molecule has 25 heavy (non-hydrogen) atoms. The molecule has 7 nitrogen and oxygen atoms in total. The van der Waals surface area contributed by atoms with Gasteiger partial charge in [-0.25, -0.2) is 9.48 Å². The summed E-state index contributed by atoms with van der Waals surface area (Å²) in [5.74, 6) is 0.914. The van der Waals surface area contributed by atoms with Crippen molar-refractivity contribution >= 4 is 27.8 Å². The van der Waals surface area contributed by atoms with Gasteiger partial charge in [-0.05, 0) is 54.4 Å². The lowest BCUT2D eigenvalue weighted by Crippen LogP contribution is -2.30. The number of hydrogen-bond donors (Lipinski definition) is 1. The number of halogens is 1. The number of methoxy groups -OCH3 is 1. The van der Waals surface area contributed by atoms with Crippen molar-refractivity contribution in [3.8, 4) is 5.75 Å². The Morgan fingerprint density at radius 2 is 2.16 bits per heavy atom. The van der Waals surface area contributed by atoms with Gasteiger partial charge in [0.1, 0.15) is 18.1 Å². The van der Waals surface area contributed by atoms with Crippen LogP contribution in [0.1, 0.15) is 32.4 Å². The van der Waals surface area contributed by atoms with Gasteiger partial charge in [-0.3, -0.25) is 0 Å². The number of benzene rings is 1. The van der Waals surface area contributed by atoms with Crippen LogP contribution in [0.5, 0.6) is 5.75 Å². The van der Waals surface area contributed by atoms with Crippen LogP contribution in [-0.4, -0.2) is 33.9 Å². The van der Waals surface area contributed by atoms with Crippen molar-refractivity contribution in [1.29, 1.82) is 0 Å². The molecule has 1 aliphatic rings. The first-order chi connectivity index (χ1) is 11.9. The molecule has 8 heteroatoms.